The highest BCUT2D eigenvalue weighted by Crippen LogP contribution is 2.14. The van der Waals surface area contributed by atoms with Crippen LogP contribution in [0.4, 0.5) is 10.1 Å². The molecular formula is C22H16FNO2. The first kappa shape index (κ1) is 17.3. The molecule has 0 atom stereocenters. The molecule has 4 heteroatoms. The molecule has 1 amide bonds. The monoisotopic (exact) mass is 345 g/mol. The van der Waals surface area contributed by atoms with Crippen LogP contribution in [0.3, 0.4) is 0 Å². The lowest BCUT2D eigenvalue weighted by molar-refractivity contribution is 0.102. The molecule has 128 valence electrons. The summed E-state index contributed by atoms with van der Waals surface area (Å²) >= 11 is 0. The summed E-state index contributed by atoms with van der Waals surface area (Å²) < 4.78 is 12.9. The number of amides is 1. The van der Waals surface area contributed by atoms with Crippen LogP contribution in [-0.4, -0.2) is 11.7 Å². The largest absolute Gasteiger partial charge is 0.322 e. The molecule has 0 aliphatic carbocycles. The van der Waals surface area contributed by atoms with Crippen LogP contribution in [0, 0.1) is 5.82 Å². The van der Waals surface area contributed by atoms with E-state index in [0.29, 0.717) is 16.8 Å². The summed E-state index contributed by atoms with van der Waals surface area (Å²) in [5, 5.41) is 2.78. The van der Waals surface area contributed by atoms with Crippen LogP contribution < -0.4 is 5.32 Å². The molecule has 0 radical (unpaired) electrons. The fourth-order valence-corrected chi connectivity index (χ4v) is 2.39. The third-order valence-corrected chi connectivity index (χ3v) is 3.74. The fourth-order valence-electron chi connectivity index (χ4n) is 2.39. The van der Waals surface area contributed by atoms with E-state index in [1.54, 1.807) is 66.7 Å². The first-order chi connectivity index (χ1) is 12.6. The quantitative estimate of drug-likeness (QED) is 0.524. The highest BCUT2D eigenvalue weighted by Gasteiger charge is 2.07. The Balaban J connectivity index is 1.71. The van der Waals surface area contributed by atoms with E-state index in [0.717, 1.165) is 5.56 Å². The number of allylic oxidation sites excluding steroid dienone is 1. The van der Waals surface area contributed by atoms with Crippen molar-refractivity contribution in [2.45, 2.75) is 0 Å². The van der Waals surface area contributed by atoms with E-state index in [1.807, 2.05) is 6.07 Å². The SMILES string of the molecule is O=C(/C=C/c1ccc(F)cc1)c1cccc(NC(=O)c2ccccc2)c1. The van der Waals surface area contributed by atoms with E-state index in [1.165, 1.54) is 18.2 Å². The topological polar surface area (TPSA) is 46.2 Å². The smallest absolute Gasteiger partial charge is 0.255 e. The molecule has 0 heterocycles. The first-order valence-electron chi connectivity index (χ1n) is 8.06. The van der Waals surface area contributed by atoms with Gasteiger partial charge in [-0.1, -0.05) is 48.5 Å². The van der Waals surface area contributed by atoms with Gasteiger partial charge < -0.3 is 5.32 Å². The van der Waals surface area contributed by atoms with E-state index in [-0.39, 0.29) is 17.5 Å². The lowest BCUT2D eigenvalue weighted by Gasteiger charge is -2.06. The molecule has 3 aromatic rings. The maximum Gasteiger partial charge on any atom is 0.255 e. The second-order valence-corrected chi connectivity index (χ2v) is 5.65. The van der Waals surface area contributed by atoms with Crippen molar-refractivity contribution in [3.05, 3.63) is 107 Å². The normalized spacial score (nSPS) is 10.7. The number of rotatable bonds is 5. The molecular weight excluding hydrogens is 329 g/mol. The van der Waals surface area contributed by atoms with Crippen molar-refractivity contribution in [3.8, 4) is 0 Å². The number of carbonyl (C=O) groups excluding carboxylic acids is 2. The molecule has 0 aliphatic heterocycles. The van der Waals surface area contributed by atoms with E-state index >= 15 is 0 Å². The van der Waals surface area contributed by atoms with Crippen molar-refractivity contribution in [3.63, 3.8) is 0 Å². The number of ketones is 1. The van der Waals surface area contributed by atoms with Crippen LogP contribution >= 0.6 is 0 Å². The van der Waals surface area contributed by atoms with Gasteiger partial charge >= 0.3 is 0 Å². The first-order valence-corrected chi connectivity index (χ1v) is 8.06. The van der Waals surface area contributed by atoms with Gasteiger partial charge in [-0.3, -0.25) is 9.59 Å². The van der Waals surface area contributed by atoms with Crippen LogP contribution in [0.1, 0.15) is 26.3 Å². The Hall–Kier alpha value is -3.53. The number of nitrogens with one attached hydrogen (secondary N) is 1. The van der Waals surface area contributed by atoms with Crippen LogP contribution in [0.2, 0.25) is 0 Å². The predicted molar refractivity (Wildman–Crippen MR) is 101 cm³/mol. The number of hydrogen-bond donors (Lipinski definition) is 1. The summed E-state index contributed by atoms with van der Waals surface area (Å²) in [5.41, 5.74) is 2.27. The molecule has 0 saturated heterocycles. The summed E-state index contributed by atoms with van der Waals surface area (Å²) in [6, 6.07) is 21.4. The number of anilines is 1. The molecule has 0 saturated carbocycles. The summed E-state index contributed by atoms with van der Waals surface area (Å²) in [5.74, 6) is -0.766. The van der Waals surface area contributed by atoms with Gasteiger partial charge in [0.15, 0.2) is 5.78 Å². The minimum atomic E-state index is -0.324. The van der Waals surface area contributed by atoms with Crippen LogP contribution in [0.15, 0.2) is 84.9 Å². The summed E-state index contributed by atoms with van der Waals surface area (Å²) in [7, 11) is 0. The number of carbonyl (C=O) groups is 2. The molecule has 0 aliphatic rings. The van der Waals surface area contributed by atoms with Gasteiger partial charge in [0.05, 0.1) is 0 Å². The number of hydrogen-bond acceptors (Lipinski definition) is 2. The summed E-state index contributed by atoms with van der Waals surface area (Å²) in [6.07, 6.45) is 3.04. The standard InChI is InChI=1S/C22H16FNO2/c23-19-12-9-16(10-13-19)11-14-21(25)18-7-4-8-20(15-18)24-22(26)17-5-2-1-3-6-17/h1-15H,(H,24,26)/b14-11+. The number of halogens is 1. The van der Waals surface area contributed by atoms with E-state index in [4.69, 9.17) is 0 Å². The van der Waals surface area contributed by atoms with E-state index in [2.05, 4.69) is 5.32 Å². The molecule has 3 nitrogen and oxygen atoms in total. The Morgan fingerprint density at radius 3 is 2.23 bits per heavy atom. The minimum absolute atomic E-state index is 0.204. The molecule has 3 rings (SSSR count). The van der Waals surface area contributed by atoms with Crippen LogP contribution in [0.5, 0.6) is 0 Å². The molecule has 0 bridgehead atoms. The molecule has 26 heavy (non-hydrogen) atoms. The van der Waals surface area contributed by atoms with Crippen molar-refractivity contribution in [1.82, 2.24) is 0 Å². The second-order valence-electron chi connectivity index (χ2n) is 5.65. The molecule has 0 aromatic heterocycles. The van der Waals surface area contributed by atoms with Gasteiger partial charge in [0.25, 0.3) is 5.91 Å². The average molecular weight is 345 g/mol. The maximum absolute atomic E-state index is 12.9. The van der Waals surface area contributed by atoms with Crippen molar-refractivity contribution in [2.75, 3.05) is 5.32 Å². The Morgan fingerprint density at radius 1 is 0.808 bits per heavy atom. The molecule has 1 N–H and O–H groups in total. The van der Waals surface area contributed by atoms with Crippen molar-refractivity contribution in [1.29, 1.82) is 0 Å². The fraction of sp³-hybridized carbons (Fsp3) is 0. The van der Waals surface area contributed by atoms with E-state index in [9.17, 15) is 14.0 Å². The van der Waals surface area contributed by atoms with Crippen LogP contribution in [0.25, 0.3) is 6.08 Å². The Kier molecular flexibility index (Phi) is 5.34. The van der Waals surface area contributed by atoms with Gasteiger partial charge in [0, 0.05) is 16.8 Å². The van der Waals surface area contributed by atoms with E-state index < -0.39 is 0 Å². The Morgan fingerprint density at radius 2 is 1.50 bits per heavy atom. The Labute approximate surface area is 150 Å². The van der Waals surface area contributed by atoms with Crippen LogP contribution in [-0.2, 0) is 0 Å². The second kappa shape index (κ2) is 8.03. The Bertz CT molecular complexity index is 947. The van der Waals surface area contributed by atoms with Crippen molar-refractivity contribution < 1.29 is 14.0 Å². The van der Waals surface area contributed by atoms with Gasteiger partial charge in [-0.25, -0.2) is 4.39 Å². The molecule has 0 unspecified atom stereocenters. The van der Waals surface area contributed by atoms with Gasteiger partial charge in [-0.15, -0.1) is 0 Å². The molecule has 0 spiro atoms. The lowest BCUT2D eigenvalue weighted by Crippen LogP contribution is -2.12. The molecule has 3 aromatic carbocycles. The zero-order valence-electron chi connectivity index (χ0n) is 13.9. The van der Waals surface area contributed by atoms with Crippen molar-refractivity contribution >= 4 is 23.5 Å². The van der Waals surface area contributed by atoms with Gasteiger partial charge in [-0.05, 0) is 48.0 Å². The maximum atomic E-state index is 12.9. The third-order valence-electron chi connectivity index (χ3n) is 3.74. The average Bonchev–Trinajstić information content (AvgIpc) is 2.68. The number of benzene rings is 3. The zero-order valence-corrected chi connectivity index (χ0v) is 13.9. The minimum Gasteiger partial charge on any atom is -0.322 e. The lowest BCUT2D eigenvalue weighted by atomic mass is 10.1. The predicted octanol–water partition coefficient (Wildman–Crippen LogP) is 4.97. The zero-order chi connectivity index (χ0) is 18.4. The van der Waals surface area contributed by atoms with Gasteiger partial charge in [0.2, 0.25) is 0 Å². The van der Waals surface area contributed by atoms with Gasteiger partial charge in [0.1, 0.15) is 5.82 Å². The highest BCUT2D eigenvalue weighted by atomic mass is 19.1. The summed E-state index contributed by atoms with van der Waals surface area (Å²) in [6.45, 7) is 0. The highest BCUT2D eigenvalue weighted by molar-refractivity contribution is 6.08. The van der Waals surface area contributed by atoms with Gasteiger partial charge in [-0.2, -0.15) is 0 Å². The third kappa shape index (κ3) is 4.51. The van der Waals surface area contributed by atoms with Crippen molar-refractivity contribution in [2.24, 2.45) is 0 Å². The summed E-state index contributed by atoms with van der Waals surface area (Å²) in [4.78, 5) is 24.5. The molecule has 0 fully saturated rings.